The van der Waals surface area contributed by atoms with Crippen LogP contribution >= 0.6 is 12.4 Å². The van der Waals surface area contributed by atoms with Gasteiger partial charge in [0, 0.05) is 6.26 Å². The van der Waals surface area contributed by atoms with Crippen molar-refractivity contribution in [2.75, 3.05) is 6.26 Å². The number of nitrogens with one attached hydrogen (secondary N) is 1. The second kappa shape index (κ2) is 7.78. The zero-order valence-corrected chi connectivity index (χ0v) is 14.7. The van der Waals surface area contributed by atoms with Crippen molar-refractivity contribution in [3.05, 3.63) is 53.2 Å². The molecule has 1 amide bonds. The van der Waals surface area contributed by atoms with Gasteiger partial charge in [0.2, 0.25) is 0 Å². The number of carbonyl (C=O) groups excluding carboxylic acids is 1. The molecule has 24 heavy (non-hydrogen) atoms. The smallest absolute Gasteiger partial charge is 0.255 e. The lowest BCUT2D eigenvalue weighted by Crippen LogP contribution is -2.26. The Morgan fingerprint density at radius 3 is 2.54 bits per heavy atom. The molecule has 0 saturated heterocycles. The zero-order valence-electron chi connectivity index (χ0n) is 13.1. The number of hydrogen-bond acceptors (Lipinski definition) is 5. The Kier molecular flexibility index (Phi) is 6.53. The van der Waals surface area contributed by atoms with Crippen LogP contribution in [0.25, 0.3) is 0 Å². The van der Waals surface area contributed by atoms with E-state index in [0.29, 0.717) is 16.9 Å². The van der Waals surface area contributed by atoms with Crippen molar-refractivity contribution < 1.29 is 22.0 Å². The maximum absolute atomic E-state index is 13.9. The van der Waals surface area contributed by atoms with Crippen molar-refractivity contribution >= 4 is 28.2 Å². The maximum Gasteiger partial charge on any atom is 0.255 e. The van der Waals surface area contributed by atoms with E-state index in [-0.39, 0.29) is 23.8 Å². The molecule has 0 fully saturated rings. The van der Waals surface area contributed by atoms with Crippen LogP contribution in [0.4, 0.5) is 4.39 Å². The first kappa shape index (κ1) is 20.1. The van der Waals surface area contributed by atoms with Gasteiger partial charge in [-0.25, -0.2) is 12.8 Å². The summed E-state index contributed by atoms with van der Waals surface area (Å²) in [4.78, 5) is 11.7. The Morgan fingerprint density at radius 1 is 1.38 bits per heavy atom. The lowest BCUT2D eigenvalue weighted by Gasteiger charge is -2.14. The minimum atomic E-state index is -3.63. The highest BCUT2D eigenvalue weighted by molar-refractivity contribution is 7.90. The number of benzene rings is 1. The summed E-state index contributed by atoms with van der Waals surface area (Å²) in [5, 5.41) is 2.68. The van der Waals surface area contributed by atoms with E-state index >= 15 is 0 Å². The van der Waals surface area contributed by atoms with Crippen molar-refractivity contribution in [1.82, 2.24) is 5.32 Å². The number of hydrogen-bond donors (Lipinski definition) is 2. The molecule has 1 unspecified atom stereocenters. The third-order valence-corrected chi connectivity index (χ3v) is 4.45. The molecule has 0 aliphatic carbocycles. The largest absolute Gasteiger partial charge is 0.467 e. The molecular formula is C15H18ClFN2O4S. The number of sulfone groups is 1. The van der Waals surface area contributed by atoms with Gasteiger partial charge in [0.1, 0.15) is 22.7 Å². The van der Waals surface area contributed by atoms with Gasteiger partial charge in [0.25, 0.3) is 5.91 Å². The molecule has 0 radical (unpaired) electrons. The summed E-state index contributed by atoms with van der Waals surface area (Å²) in [5.74, 6) is -0.764. The first-order chi connectivity index (χ1) is 10.7. The molecule has 1 heterocycles. The molecular weight excluding hydrogens is 359 g/mol. The van der Waals surface area contributed by atoms with Crippen LogP contribution in [0, 0.1) is 5.82 Å². The Morgan fingerprint density at radius 2 is 2.04 bits per heavy atom. The minimum Gasteiger partial charge on any atom is -0.467 e. The van der Waals surface area contributed by atoms with Crippen molar-refractivity contribution in [3.8, 4) is 0 Å². The molecule has 6 nitrogen and oxygen atoms in total. The SMILES string of the molecule is CC(NC(=O)c1coc(CN)c1)c1ccc(S(C)(=O)=O)c(F)c1.Cl. The van der Waals surface area contributed by atoms with Gasteiger partial charge in [-0.2, -0.15) is 0 Å². The third-order valence-electron chi connectivity index (χ3n) is 3.32. The van der Waals surface area contributed by atoms with E-state index in [9.17, 15) is 17.6 Å². The Hall–Kier alpha value is -1.90. The van der Waals surface area contributed by atoms with E-state index in [1.165, 1.54) is 24.5 Å². The summed E-state index contributed by atoms with van der Waals surface area (Å²) in [6.45, 7) is 1.84. The standard InChI is InChI=1S/C15H17FN2O4S.ClH/c1-9(18-15(19)11-5-12(7-17)22-8-11)10-3-4-14(13(16)6-10)23(2,20)21;/h3-6,8-9H,7,17H2,1-2H3,(H,18,19);1H. The molecule has 1 aromatic heterocycles. The van der Waals surface area contributed by atoms with Gasteiger partial charge >= 0.3 is 0 Å². The van der Waals surface area contributed by atoms with E-state index in [1.807, 2.05) is 0 Å². The van der Waals surface area contributed by atoms with Crippen molar-refractivity contribution in [3.63, 3.8) is 0 Å². The summed E-state index contributed by atoms with van der Waals surface area (Å²) >= 11 is 0. The molecule has 0 saturated carbocycles. The van der Waals surface area contributed by atoms with Gasteiger partial charge in [0.05, 0.1) is 18.2 Å². The second-order valence-corrected chi connectivity index (χ2v) is 7.15. The summed E-state index contributed by atoms with van der Waals surface area (Å²) in [5.41, 5.74) is 6.17. The predicted molar refractivity (Wildman–Crippen MR) is 89.2 cm³/mol. The number of halogens is 2. The van der Waals surface area contributed by atoms with Crippen molar-refractivity contribution in [1.29, 1.82) is 0 Å². The second-order valence-electron chi connectivity index (χ2n) is 5.16. The number of rotatable bonds is 5. The normalized spacial score (nSPS) is 12.3. The van der Waals surface area contributed by atoms with E-state index in [4.69, 9.17) is 10.2 Å². The fraction of sp³-hybridized carbons (Fsp3) is 0.267. The first-order valence-corrected chi connectivity index (χ1v) is 8.69. The van der Waals surface area contributed by atoms with Crippen LogP contribution in [0.3, 0.4) is 0 Å². The van der Waals surface area contributed by atoms with Gasteiger partial charge in [-0.3, -0.25) is 4.79 Å². The van der Waals surface area contributed by atoms with Crippen LogP contribution in [0.1, 0.15) is 34.6 Å². The van der Waals surface area contributed by atoms with E-state index < -0.39 is 27.6 Å². The quantitative estimate of drug-likeness (QED) is 0.832. The molecule has 2 rings (SSSR count). The van der Waals surface area contributed by atoms with Crippen LogP contribution in [0.2, 0.25) is 0 Å². The topological polar surface area (TPSA) is 102 Å². The zero-order chi connectivity index (χ0) is 17.2. The van der Waals surface area contributed by atoms with Crippen molar-refractivity contribution in [2.45, 2.75) is 24.4 Å². The molecule has 132 valence electrons. The van der Waals surface area contributed by atoms with E-state index in [1.54, 1.807) is 6.92 Å². The summed E-state index contributed by atoms with van der Waals surface area (Å²) in [6, 6.07) is 4.76. The number of furan rings is 1. The van der Waals surface area contributed by atoms with Crippen LogP contribution in [0.15, 0.2) is 39.8 Å². The average molecular weight is 377 g/mol. The molecule has 9 heteroatoms. The lowest BCUT2D eigenvalue weighted by molar-refractivity contribution is 0.0939. The van der Waals surface area contributed by atoms with Gasteiger partial charge < -0.3 is 15.5 Å². The minimum absolute atomic E-state index is 0. The van der Waals surface area contributed by atoms with Crippen molar-refractivity contribution in [2.24, 2.45) is 5.73 Å². The van der Waals surface area contributed by atoms with Crippen LogP contribution in [-0.2, 0) is 16.4 Å². The van der Waals surface area contributed by atoms with Gasteiger partial charge in [-0.05, 0) is 30.7 Å². The monoisotopic (exact) mass is 376 g/mol. The fourth-order valence-corrected chi connectivity index (χ4v) is 2.79. The van der Waals surface area contributed by atoms with Crippen LogP contribution in [-0.4, -0.2) is 20.6 Å². The fourth-order valence-electron chi connectivity index (χ4n) is 2.06. The van der Waals surface area contributed by atoms with Gasteiger partial charge in [-0.1, -0.05) is 6.07 Å². The molecule has 2 aromatic rings. The van der Waals surface area contributed by atoms with Gasteiger partial charge in [-0.15, -0.1) is 12.4 Å². The molecule has 0 aliphatic heterocycles. The molecule has 1 atom stereocenters. The Labute approximate surface area is 145 Å². The number of nitrogens with two attached hydrogens (primary N) is 1. The van der Waals surface area contributed by atoms with E-state index in [0.717, 1.165) is 12.3 Å². The molecule has 3 N–H and O–H groups in total. The predicted octanol–water partition coefficient (Wildman–Crippen LogP) is 2.19. The number of amides is 1. The molecule has 0 spiro atoms. The summed E-state index contributed by atoms with van der Waals surface area (Å²) in [7, 11) is -3.63. The maximum atomic E-state index is 13.9. The van der Waals surface area contributed by atoms with Gasteiger partial charge in [0.15, 0.2) is 9.84 Å². The lowest BCUT2D eigenvalue weighted by atomic mass is 10.1. The average Bonchev–Trinajstić information content (AvgIpc) is 2.94. The Bertz CT molecular complexity index is 836. The summed E-state index contributed by atoms with van der Waals surface area (Å²) < 4.78 is 41.8. The molecule has 1 aromatic carbocycles. The third kappa shape index (κ3) is 4.56. The molecule has 0 aliphatic rings. The van der Waals surface area contributed by atoms with E-state index in [2.05, 4.69) is 5.32 Å². The highest BCUT2D eigenvalue weighted by Gasteiger charge is 2.18. The molecule has 0 bridgehead atoms. The summed E-state index contributed by atoms with van der Waals surface area (Å²) in [6.07, 6.45) is 2.22. The van der Waals surface area contributed by atoms with Crippen LogP contribution < -0.4 is 11.1 Å². The number of carbonyl (C=O) groups is 1. The highest BCUT2D eigenvalue weighted by Crippen LogP contribution is 2.20. The van der Waals surface area contributed by atoms with Crippen LogP contribution in [0.5, 0.6) is 0 Å². The first-order valence-electron chi connectivity index (χ1n) is 6.80. The Balaban J connectivity index is 0.00000288. The highest BCUT2D eigenvalue weighted by atomic mass is 35.5.